The van der Waals surface area contributed by atoms with Gasteiger partial charge >= 0.3 is 6.18 Å². The zero-order valence-electron chi connectivity index (χ0n) is 26.1. The fourth-order valence-electron chi connectivity index (χ4n) is 4.61. The van der Waals surface area contributed by atoms with E-state index >= 15 is 8.78 Å². The van der Waals surface area contributed by atoms with Crippen LogP contribution in [0.5, 0.6) is 0 Å². The molecule has 2 aromatic heterocycles. The van der Waals surface area contributed by atoms with Crippen LogP contribution in [0, 0.1) is 11.6 Å². The molecule has 14 heteroatoms. The number of rotatable bonds is 13. The van der Waals surface area contributed by atoms with E-state index in [-0.39, 0.29) is 46.0 Å². The number of hydrogen-bond acceptors (Lipinski definition) is 4. The molecule has 4 rings (SSSR count). The first-order valence-corrected chi connectivity index (χ1v) is 22.7. The highest BCUT2D eigenvalue weighted by atomic mass is 79.9. The van der Waals surface area contributed by atoms with Gasteiger partial charge in [0.25, 0.3) is 0 Å². The second-order valence-electron chi connectivity index (χ2n) is 13.4. The molecule has 0 fully saturated rings. The quantitative estimate of drug-likeness (QED) is 0.0453. The van der Waals surface area contributed by atoms with Crippen molar-refractivity contribution in [2.24, 2.45) is 0 Å². The summed E-state index contributed by atoms with van der Waals surface area (Å²) in [6, 6.07) is 8.58. The Kier molecular flexibility index (Phi) is 10.6. The topological polar surface area (TPSA) is 58.3 Å². The molecule has 45 heavy (non-hydrogen) atoms. The van der Waals surface area contributed by atoms with Gasteiger partial charge < -0.3 is 14.0 Å². The van der Waals surface area contributed by atoms with Crippen LogP contribution < -0.4 is 0 Å². The van der Waals surface area contributed by atoms with Crippen LogP contribution in [0.25, 0.3) is 22.6 Å². The molecule has 0 N–H and O–H groups in total. The number of ketones is 1. The fraction of sp³-hybridized carbons (Fsp3) is 0.419. The van der Waals surface area contributed by atoms with Gasteiger partial charge in [0.05, 0.1) is 15.7 Å². The first kappa shape index (κ1) is 35.2. The van der Waals surface area contributed by atoms with Crippen molar-refractivity contribution < 1.29 is 36.2 Å². The van der Waals surface area contributed by atoms with E-state index in [4.69, 9.17) is 9.47 Å². The number of halogens is 6. The highest BCUT2D eigenvalue weighted by Crippen LogP contribution is 2.36. The highest BCUT2D eigenvalue weighted by Gasteiger charge is 2.35. The zero-order chi connectivity index (χ0) is 33.3. The summed E-state index contributed by atoms with van der Waals surface area (Å²) in [6.07, 6.45) is -3.36. The molecule has 244 valence electrons. The van der Waals surface area contributed by atoms with Gasteiger partial charge in [0.2, 0.25) is 0 Å². The van der Waals surface area contributed by atoms with E-state index in [9.17, 15) is 18.0 Å². The van der Waals surface area contributed by atoms with Gasteiger partial charge in [-0.15, -0.1) is 0 Å². The molecule has 0 atom stereocenters. The van der Waals surface area contributed by atoms with E-state index in [1.54, 1.807) is 0 Å². The molecule has 0 unspecified atom stereocenters. The molecule has 0 radical (unpaired) electrons. The minimum atomic E-state index is -4.75. The number of aromatic nitrogens is 3. The van der Waals surface area contributed by atoms with Crippen LogP contribution in [-0.2, 0) is 29.1 Å². The molecule has 0 aliphatic carbocycles. The Morgan fingerprint density at radius 2 is 1.53 bits per heavy atom. The van der Waals surface area contributed by atoms with Crippen molar-refractivity contribution in [1.29, 1.82) is 0 Å². The number of alkyl halides is 3. The lowest BCUT2D eigenvalue weighted by Crippen LogP contribution is -2.22. The van der Waals surface area contributed by atoms with Crippen LogP contribution in [-0.4, -0.2) is 49.3 Å². The van der Waals surface area contributed by atoms with E-state index in [0.717, 1.165) is 30.3 Å². The molecule has 2 heterocycles. The van der Waals surface area contributed by atoms with Gasteiger partial charge in [0.15, 0.2) is 23.2 Å². The smallest absolute Gasteiger partial charge is 0.361 e. The molecular weight excluding hydrogens is 693 g/mol. The van der Waals surface area contributed by atoms with E-state index in [1.165, 1.54) is 33.5 Å². The number of benzene rings is 2. The third kappa shape index (κ3) is 8.58. The van der Waals surface area contributed by atoms with Crippen molar-refractivity contribution in [3.8, 4) is 11.5 Å². The van der Waals surface area contributed by atoms with Crippen LogP contribution in [0.2, 0.25) is 51.4 Å². The molecule has 0 amide bonds. The minimum absolute atomic E-state index is 0.0594. The Morgan fingerprint density at radius 3 is 2.13 bits per heavy atom. The maximum atomic E-state index is 15.5. The predicted octanol–water partition coefficient (Wildman–Crippen LogP) is 9.42. The monoisotopic (exact) mass is 729 g/mol. The third-order valence-corrected chi connectivity index (χ3v) is 11.2. The van der Waals surface area contributed by atoms with Gasteiger partial charge in [-0.1, -0.05) is 57.5 Å². The van der Waals surface area contributed by atoms with Gasteiger partial charge in [-0.05, 0) is 46.2 Å². The van der Waals surface area contributed by atoms with E-state index in [1.807, 2.05) is 0 Å². The van der Waals surface area contributed by atoms with E-state index in [0.29, 0.717) is 13.2 Å². The SMILES string of the molecule is C[Si](C)(C)CCOCn1cc(C(=O)c2ccccc2C(F)(F)F)cc1-c1nc2c(F)cc(Br)c(F)c2n1COCC[Si](C)(C)C. The standard InChI is InChI=1S/C31H37BrF5N3O3Si2/c1-44(2,3)13-11-42-18-39-17-20(29(41)21-9-7-8-10-22(21)31(35,36)37)15-25(39)30-38-27-24(33)16-23(32)26(34)28(27)40(30)19-43-12-14-45(4,5)6/h7-10,15-17H,11-14,18-19H2,1-6H3. The van der Waals surface area contributed by atoms with Gasteiger partial charge in [-0.2, -0.15) is 13.2 Å². The molecule has 0 saturated carbocycles. The Morgan fingerprint density at radius 1 is 0.933 bits per heavy atom. The van der Waals surface area contributed by atoms with Gasteiger partial charge in [-0.25, -0.2) is 13.8 Å². The summed E-state index contributed by atoms with van der Waals surface area (Å²) < 4.78 is 86.8. The molecule has 2 aromatic carbocycles. The lowest BCUT2D eigenvalue weighted by Gasteiger charge is -2.18. The van der Waals surface area contributed by atoms with Gasteiger partial charge in [-0.3, -0.25) is 9.36 Å². The molecular formula is C31H37BrF5N3O3Si2. The van der Waals surface area contributed by atoms with Crippen molar-refractivity contribution in [1.82, 2.24) is 14.1 Å². The number of imidazole rings is 1. The Balaban J connectivity index is 1.85. The normalized spacial score (nSPS) is 12.8. The maximum Gasteiger partial charge on any atom is 0.417 e. The van der Waals surface area contributed by atoms with Crippen LogP contribution in [0.4, 0.5) is 22.0 Å². The predicted molar refractivity (Wildman–Crippen MR) is 174 cm³/mol. The molecule has 0 bridgehead atoms. The van der Waals surface area contributed by atoms with E-state index < -0.39 is 50.9 Å². The average Bonchev–Trinajstić information content (AvgIpc) is 3.52. The number of nitrogens with zero attached hydrogens (tertiary/aromatic N) is 3. The molecule has 4 aromatic rings. The van der Waals surface area contributed by atoms with Gasteiger partial charge in [0.1, 0.15) is 24.5 Å². The molecule has 0 saturated heterocycles. The number of carbonyl (C=O) groups excluding carboxylic acids is 1. The fourth-order valence-corrected chi connectivity index (χ4v) is 6.51. The molecule has 0 aliphatic rings. The third-order valence-electron chi connectivity index (χ3n) is 7.17. The summed E-state index contributed by atoms with van der Waals surface area (Å²) in [5.74, 6) is -2.32. The Bertz CT molecular complexity index is 1690. The Labute approximate surface area is 269 Å². The number of ether oxygens (including phenoxy) is 2. The number of carbonyl (C=O) groups is 1. The van der Waals surface area contributed by atoms with Crippen molar-refractivity contribution in [3.05, 3.63) is 75.4 Å². The summed E-state index contributed by atoms with van der Waals surface area (Å²) in [4.78, 5) is 18.0. The Hall–Kier alpha value is -2.66. The minimum Gasteiger partial charge on any atom is -0.361 e. The van der Waals surface area contributed by atoms with Crippen LogP contribution in [0.15, 0.2) is 47.1 Å². The van der Waals surface area contributed by atoms with Crippen molar-refractivity contribution in [2.75, 3.05) is 13.2 Å². The average molecular weight is 731 g/mol. The maximum absolute atomic E-state index is 15.5. The lowest BCUT2D eigenvalue weighted by molar-refractivity contribution is -0.137. The van der Waals surface area contributed by atoms with Gasteiger partial charge in [0, 0.05) is 46.7 Å². The molecule has 6 nitrogen and oxygen atoms in total. The summed E-state index contributed by atoms with van der Waals surface area (Å²) in [6.45, 7) is 13.7. The summed E-state index contributed by atoms with van der Waals surface area (Å²) in [5, 5.41) is 0. The first-order chi connectivity index (χ1) is 20.9. The number of hydrogen-bond donors (Lipinski definition) is 0. The van der Waals surface area contributed by atoms with Crippen molar-refractivity contribution >= 4 is 48.9 Å². The second kappa shape index (κ2) is 13.6. The van der Waals surface area contributed by atoms with Crippen LogP contribution in [0.3, 0.4) is 0 Å². The summed E-state index contributed by atoms with van der Waals surface area (Å²) in [7, 11) is -2.92. The summed E-state index contributed by atoms with van der Waals surface area (Å²) >= 11 is 3.07. The molecule has 0 spiro atoms. The largest absolute Gasteiger partial charge is 0.417 e. The lowest BCUT2D eigenvalue weighted by atomic mass is 9.99. The summed E-state index contributed by atoms with van der Waals surface area (Å²) in [5.41, 5.74) is -1.80. The second-order valence-corrected chi connectivity index (χ2v) is 25.5. The molecule has 0 aliphatic heterocycles. The highest BCUT2D eigenvalue weighted by molar-refractivity contribution is 9.10. The van der Waals surface area contributed by atoms with E-state index in [2.05, 4.69) is 60.2 Å². The number of fused-ring (bicyclic) bond motifs is 1. The zero-order valence-corrected chi connectivity index (χ0v) is 29.7. The van der Waals surface area contributed by atoms with Crippen LogP contribution in [0.1, 0.15) is 21.5 Å². The van der Waals surface area contributed by atoms with Crippen LogP contribution >= 0.6 is 15.9 Å². The van der Waals surface area contributed by atoms with Crippen molar-refractivity contribution in [2.45, 2.75) is 71.0 Å². The first-order valence-electron chi connectivity index (χ1n) is 14.5. The van der Waals surface area contributed by atoms with Crippen molar-refractivity contribution in [3.63, 3.8) is 0 Å².